The molecular formula is C3H12Na3O4P. The van der Waals surface area contributed by atoms with Crippen molar-refractivity contribution < 1.29 is 112 Å². The predicted molar refractivity (Wildman–Crippen MR) is 31.6 cm³/mol. The Morgan fingerprint density at radius 1 is 1.36 bits per heavy atom. The van der Waals surface area contributed by atoms with Crippen molar-refractivity contribution in [2.75, 3.05) is 6.61 Å². The van der Waals surface area contributed by atoms with Crippen LogP contribution in [0.1, 0.15) is 17.6 Å². The van der Waals surface area contributed by atoms with Crippen LogP contribution in [-0.4, -0.2) is 16.4 Å². The first-order valence-electron chi connectivity index (χ1n) is 2.26. The maximum atomic E-state index is 9.86. The molecule has 0 unspecified atom stereocenters. The van der Waals surface area contributed by atoms with Gasteiger partial charge in [-0.05, 0) is 6.42 Å². The molecule has 0 saturated heterocycles. The Kier molecular flexibility index (Phi) is 28.3. The van der Waals surface area contributed by atoms with Crippen molar-refractivity contribution in [2.24, 2.45) is 0 Å². The van der Waals surface area contributed by atoms with Gasteiger partial charge in [-0.1, -0.05) is 6.92 Å². The van der Waals surface area contributed by atoms with Crippen LogP contribution in [-0.2, 0) is 9.09 Å². The van der Waals surface area contributed by atoms with Crippen molar-refractivity contribution in [3.63, 3.8) is 0 Å². The van der Waals surface area contributed by atoms with Crippen LogP contribution in [0.4, 0.5) is 0 Å². The zero-order valence-electron chi connectivity index (χ0n) is 10.6. The van der Waals surface area contributed by atoms with Gasteiger partial charge in [-0.15, -0.1) is 0 Å². The van der Waals surface area contributed by atoms with Gasteiger partial charge in [-0.25, -0.2) is 4.57 Å². The summed E-state index contributed by atoms with van der Waals surface area (Å²) in [4.78, 5) is 16.1. The van der Waals surface area contributed by atoms with Gasteiger partial charge < -0.3 is 14.1 Å². The number of rotatable bonds is 3. The van der Waals surface area contributed by atoms with E-state index in [4.69, 9.17) is 9.79 Å². The van der Waals surface area contributed by atoms with Gasteiger partial charge in [-0.3, -0.25) is 4.52 Å². The maximum absolute atomic E-state index is 9.86. The average Bonchev–Trinajstić information content (AvgIpc) is 1.59. The molecule has 4 nitrogen and oxygen atoms in total. The van der Waals surface area contributed by atoms with Crippen molar-refractivity contribution in [1.29, 1.82) is 0 Å². The van der Waals surface area contributed by atoms with Crippen LogP contribution < -0.4 is 88.7 Å². The fourth-order valence-electron chi connectivity index (χ4n) is 0.210. The summed E-state index contributed by atoms with van der Waals surface area (Å²) in [5, 5.41) is 0. The summed E-state index contributed by atoms with van der Waals surface area (Å²) in [6.07, 6.45) is 0.616. The van der Waals surface area contributed by atoms with Crippen molar-refractivity contribution in [1.82, 2.24) is 0 Å². The Morgan fingerprint density at radius 3 is 1.82 bits per heavy atom. The zero-order chi connectivity index (χ0) is 6.62. The van der Waals surface area contributed by atoms with Crippen LogP contribution in [0.3, 0.4) is 0 Å². The minimum Gasteiger partial charge on any atom is -1.00 e. The van der Waals surface area contributed by atoms with E-state index in [0.29, 0.717) is 6.42 Å². The van der Waals surface area contributed by atoms with Crippen LogP contribution in [0.25, 0.3) is 0 Å². The van der Waals surface area contributed by atoms with Gasteiger partial charge in [-0.2, -0.15) is 0 Å². The first kappa shape index (κ1) is 23.7. The van der Waals surface area contributed by atoms with Crippen LogP contribution in [0, 0.1) is 0 Å². The quantitative estimate of drug-likeness (QED) is 0.360. The third kappa shape index (κ3) is 24.6. The number of phosphoric ester groups is 1. The summed E-state index contributed by atoms with van der Waals surface area (Å²) in [6.45, 7) is 1.89. The number of hydrogen-bond donors (Lipinski definition) is 2. The van der Waals surface area contributed by atoms with Crippen molar-refractivity contribution in [3.8, 4) is 0 Å². The SMILES string of the molecule is CCCOP(=O)(O)O.[H-].[H-].[H-].[Na+].[Na+].[Na+]. The fraction of sp³-hybridized carbons (Fsp3) is 1.00. The predicted octanol–water partition coefficient (Wildman–Crippen LogP) is -8.14. The molecule has 0 aliphatic heterocycles. The van der Waals surface area contributed by atoms with Crippen LogP contribution in [0.2, 0.25) is 0 Å². The second kappa shape index (κ2) is 13.1. The molecule has 0 spiro atoms. The smallest absolute Gasteiger partial charge is 1.00 e. The molecule has 11 heavy (non-hydrogen) atoms. The first-order chi connectivity index (χ1) is 3.56. The molecule has 56 valence electrons. The minimum atomic E-state index is -4.18. The monoisotopic (exact) mass is 212 g/mol. The Morgan fingerprint density at radius 2 is 1.73 bits per heavy atom. The van der Waals surface area contributed by atoms with Gasteiger partial charge in [0.05, 0.1) is 6.61 Å². The van der Waals surface area contributed by atoms with E-state index in [-0.39, 0.29) is 99.6 Å². The number of phosphoric acid groups is 1. The fourth-order valence-corrected chi connectivity index (χ4v) is 0.631. The summed E-state index contributed by atoms with van der Waals surface area (Å²) in [5.41, 5.74) is 0. The van der Waals surface area contributed by atoms with Crippen molar-refractivity contribution in [3.05, 3.63) is 0 Å². The van der Waals surface area contributed by atoms with E-state index in [9.17, 15) is 4.57 Å². The molecule has 0 rings (SSSR count). The number of hydrogen-bond acceptors (Lipinski definition) is 2. The zero-order valence-corrected chi connectivity index (χ0v) is 14.5. The first-order valence-corrected chi connectivity index (χ1v) is 3.79. The summed E-state index contributed by atoms with van der Waals surface area (Å²) in [5.74, 6) is 0. The van der Waals surface area contributed by atoms with Crippen molar-refractivity contribution in [2.45, 2.75) is 13.3 Å². The van der Waals surface area contributed by atoms with Gasteiger partial charge in [0.1, 0.15) is 0 Å². The van der Waals surface area contributed by atoms with E-state index in [1.165, 1.54) is 0 Å². The second-order valence-electron chi connectivity index (χ2n) is 1.32. The Balaban J connectivity index is -0.0000000163. The van der Waals surface area contributed by atoms with E-state index in [2.05, 4.69) is 4.52 Å². The molecule has 0 aromatic carbocycles. The van der Waals surface area contributed by atoms with Crippen LogP contribution >= 0.6 is 7.82 Å². The van der Waals surface area contributed by atoms with Crippen molar-refractivity contribution >= 4 is 7.82 Å². The molecule has 0 radical (unpaired) electrons. The minimum absolute atomic E-state index is 0. The standard InChI is InChI=1S/C3H9O4P.3Na.3H/c1-2-3-7-8(4,5)6;;;;;;/h2-3H2,1H3,(H2,4,5,6);;;;;;/q;3*+1;3*-1. The molecule has 0 atom stereocenters. The normalized spacial score (nSPS) is 8.64. The summed E-state index contributed by atoms with van der Waals surface area (Å²) in [6, 6.07) is 0. The van der Waals surface area contributed by atoms with Gasteiger partial charge in [0.15, 0.2) is 0 Å². The van der Waals surface area contributed by atoms with Gasteiger partial charge >= 0.3 is 96.5 Å². The third-order valence-corrected chi connectivity index (χ3v) is 0.983. The maximum Gasteiger partial charge on any atom is 1.00 e. The van der Waals surface area contributed by atoms with Crippen LogP contribution in [0.5, 0.6) is 0 Å². The summed E-state index contributed by atoms with van der Waals surface area (Å²) in [7, 11) is -4.18. The largest absolute Gasteiger partial charge is 1.00 e. The molecule has 0 aliphatic rings. The van der Waals surface area contributed by atoms with E-state index in [1.54, 1.807) is 6.92 Å². The van der Waals surface area contributed by atoms with E-state index in [0.717, 1.165) is 0 Å². The summed E-state index contributed by atoms with van der Waals surface area (Å²) < 4.78 is 13.9. The molecule has 0 aromatic rings. The molecule has 8 heteroatoms. The average molecular weight is 212 g/mol. The molecule has 0 aliphatic carbocycles. The Hall–Kier alpha value is 3.11. The topological polar surface area (TPSA) is 66.8 Å². The molecule has 0 saturated carbocycles. The molecular weight excluding hydrogens is 200 g/mol. The molecule has 0 amide bonds. The molecule has 0 aromatic heterocycles. The van der Waals surface area contributed by atoms with Gasteiger partial charge in [0.2, 0.25) is 0 Å². The van der Waals surface area contributed by atoms with Gasteiger partial charge in [0, 0.05) is 0 Å². The Bertz CT molecular complexity index is 115. The van der Waals surface area contributed by atoms with E-state index in [1.807, 2.05) is 0 Å². The molecule has 2 N–H and O–H groups in total. The molecule has 0 heterocycles. The Labute approximate surface area is 137 Å². The summed E-state index contributed by atoms with van der Waals surface area (Å²) >= 11 is 0. The second-order valence-corrected chi connectivity index (χ2v) is 2.56. The van der Waals surface area contributed by atoms with E-state index >= 15 is 0 Å². The van der Waals surface area contributed by atoms with Gasteiger partial charge in [0.25, 0.3) is 0 Å². The van der Waals surface area contributed by atoms with Crippen LogP contribution in [0.15, 0.2) is 0 Å². The third-order valence-electron chi connectivity index (χ3n) is 0.464. The molecule has 0 fully saturated rings. The van der Waals surface area contributed by atoms with E-state index < -0.39 is 7.82 Å². The molecule has 0 bridgehead atoms.